The summed E-state index contributed by atoms with van der Waals surface area (Å²) in [5, 5.41) is 5.37. The number of ether oxygens (including phenoxy) is 1. The molecule has 1 aromatic heterocycles. The van der Waals surface area contributed by atoms with Gasteiger partial charge in [0.2, 0.25) is 0 Å². The van der Waals surface area contributed by atoms with Gasteiger partial charge in [0.05, 0.1) is 0 Å². The number of nitrogens with one attached hydrogen (secondary N) is 1. The summed E-state index contributed by atoms with van der Waals surface area (Å²) in [6, 6.07) is 10.3. The van der Waals surface area contributed by atoms with Crippen molar-refractivity contribution in [2.24, 2.45) is 0 Å². The van der Waals surface area contributed by atoms with E-state index in [-0.39, 0.29) is 11.9 Å². The SMILES string of the molecule is CC(CNCc1cccs1)Oc1cccc(F)c1. The molecule has 0 aliphatic heterocycles. The van der Waals surface area contributed by atoms with Crippen LogP contribution >= 0.6 is 11.3 Å². The molecule has 1 aromatic carbocycles. The molecular formula is C14H16FNOS. The maximum absolute atomic E-state index is 13.0. The second-order valence-corrected chi connectivity index (χ2v) is 5.13. The highest BCUT2D eigenvalue weighted by Gasteiger charge is 2.04. The second kappa shape index (κ2) is 6.52. The predicted molar refractivity (Wildman–Crippen MR) is 72.5 cm³/mol. The fourth-order valence-corrected chi connectivity index (χ4v) is 2.30. The molecule has 18 heavy (non-hydrogen) atoms. The van der Waals surface area contributed by atoms with Crippen molar-refractivity contribution >= 4 is 11.3 Å². The monoisotopic (exact) mass is 265 g/mol. The van der Waals surface area contributed by atoms with E-state index in [0.717, 1.165) is 13.1 Å². The fourth-order valence-electron chi connectivity index (χ4n) is 1.63. The van der Waals surface area contributed by atoms with Crippen LogP contribution in [0.15, 0.2) is 41.8 Å². The van der Waals surface area contributed by atoms with Gasteiger partial charge in [-0.25, -0.2) is 4.39 Å². The lowest BCUT2D eigenvalue weighted by atomic mass is 10.3. The van der Waals surface area contributed by atoms with Gasteiger partial charge >= 0.3 is 0 Å². The predicted octanol–water partition coefficient (Wildman–Crippen LogP) is 3.44. The van der Waals surface area contributed by atoms with Crippen molar-refractivity contribution in [2.75, 3.05) is 6.54 Å². The van der Waals surface area contributed by atoms with Crippen LogP contribution in [0.2, 0.25) is 0 Å². The third kappa shape index (κ3) is 4.13. The summed E-state index contributed by atoms with van der Waals surface area (Å²) in [6.45, 7) is 3.54. The van der Waals surface area contributed by atoms with E-state index in [2.05, 4.69) is 16.8 Å². The molecule has 0 fully saturated rings. The summed E-state index contributed by atoms with van der Waals surface area (Å²) in [5.41, 5.74) is 0. The molecule has 0 bridgehead atoms. The molecule has 2 rings (SSSR count). The lowest BCUT2D eigenvalue weighted by Gasteiger charge is -2.15. The molecule has 96 valence electrons. The first-order valence-electron chi connectivity index (χ1n) is 5.89. The number of benzene rings is 1. The molecule has 1 N–H and O–H groups in total. The summed E-state index contributed by atoms with van der Waals surface area (Å²) < 4.78 is 18.6. The Morgan fingerprint density at radius 2 is 2.22 bits per heavy atom. The minimum Gasteiger partial charge on any atom is -0.489 e. The van der Waals surface area contributed by atoms with E-state index in [4.69, 9.17) is 4.74 Å². The van der Waals surface area contributed by atoms with Crippen LogP contribution in [0.25, 0.3) is 0 Å². The van der Waals surface area contributed by atoms with Gasteiger partial charge in [-0.15, -0.1) is 11.3 Å². The molecule has 0 spiro atoms. The first kappa shape index (κ1) is 13.1. The van der Waals surface area contributed by atoms with Crippen molar-refractivity contribution in [2.45, 2.75) is 19.6 Å². The third-order valence-electron chi connectivity index (χ3n) is 2.44. The average molecular weight is 265 g/mol. The molecule has 0 amide bonds. The second-order valence-electron chi connectivity index (χ2n) is 4.10. The maximum atomic E-state index is 13.0. The molecule has 0 aliphatic rings. The van der Waals surface area contributed by atoms with Crippen molar-refractivity contribution in [3.63, 3.8) is 0 Å². The van der Waals surface area contributed by atoms with E-state index >= 15 is 0 Å². The van der Waals surface area contributed by atoms with E-state index in [0.29, 0.717) is 5.75 Å². The van der Waals surface area contributed by atoms with E-state index in [9.17, 15) is 4.39 Å². The lowest BCUT2D eigenvalue weighted by Crippen LogP contribution is -2.28. The molecule has 1 unspecified atom stereocenters. The summed E-state index contributed by atoms with van der Waals surface area (Å²) in [4.78, 5) is 1.30. The number of thiophene rings is 1. The topological polar surface area (TPSA) is 21.3 Å². The number of hydrogen-bond donors (Lipinski definition) is 1. The largest absolute Gasteiger partial charge is 0.489 e. The fraction of sp³-hybridized carbons (Fsp3) is 0.286. The van der Waals surface area contributed by atoms with Crippen LogP contribution in [0.5, 0.6) is 5.75 Å². The first-order chi connectivity index (χ1) is 8.74. The Morgan fingerprint density at radius 3 is 2.94 bits per heavy atom. The van der Waals surface area contributed by atoms with Gasteiger partial charge in [-0.2, -0.15) is 0 Å². The van der Waals surface area contributed by atoms with Crippen LogP contribution in [0, 0.1) is 5.82 Å². The zero-order chi connectivity index (χ0) is 12.8. The van der Waals surface area contributed by atoms with Crippen LogP contribution in [-0.2, 0) is 6.54 Å². The summed E-state index contributed by atoms with van der Waals surface area (Å²) in [5.74, 6) is 0.298. The standard InChI is InChI=1S/C14H16FNOS/c1-11(9-16-10-14-6-3-7-18-14)17-13-5-2-4-12(15)8-13/h2-8,11,16H,9-10H2,1H3. The van der Waals surface area contributed by atoms with Crippen LogP contribution in [0.4, 0.5) is 4.39 Å². The Bertz CT molecular complexity index is 472. The Balaban J connectivity index is 1.73. The van der Waals surface area contributed by atoms with Gasteiger partial charge in [-0.05, 0) is 30.5 Å². The van der Waals surface area contributed by atoms with Crippen LogP contribution in [-0.4, -0.2) is 12.6 Å². The minimum absolute atomic E-state index is 0.00626. The normalized spacial score (nSPS) is 12.3. The smallest absolute Gasteiger partial charge is 0.126 e. The zero-order valence-corrected chi connectivity index (χ0v) is 11.0. The molecule has 0 aliphatic carbocycles. The number of halogens is 1. The van der Waals surface area contributed by atoms with Crippen molar-refractivity contribution < 1.29 is 9.13 Å². The van der Waals surface area contributed by atoms with Gasteiger partial charge < -0.3 is 10.1 Å². The zero-order valence-electron chi connectivity index (χ0n) is 10.2. The van der Waals surface area contributed by atoms with Crippen molar-refractivity contribution in [3.05, 3.63) is 52.5 Å². The van der Waals surface area contributed by atoms with Gasteiger partial charge in [-0.1, -0.05) is 12.1 Å². The molecule has 0 saturated carbocycles. The van der Waals surface area contributed by atoms with E-state index in [1.807, 2.05) is 13.0 Å². The van der Waals surface area contributed by atoms with Crippen molar-refractivity contribution in [1.29, 1.82) is 0 Å². The van der Waals surface area contributed by atoms with Gasteiger partial charge in [0, 0.05) is 24.0 Å². The van der Waals surface area contributed by atoms with E-state index < -0.39 is 0 Å². The van der Waals surface area contributed by atoms with Crippen molar-refractivity contribution in [1.82, 2.24) is 5.32 Å². The van der Waals surface area contributed by atoms with Gasteiger partial charge in [0.1, 0.15) is 17.7 Å². The Hall–Kier alpha value is -1.39. The summed E-state index contributed by atoms with van der Waals surface area (Å²) in [6.07, 6.45) is 0.00626. The molecular weight excluding hydrogens is 249 g/mol. The molecule has 0 radical (unpaired) electrons. The highest BCUT2D eigenvalue weighted by molar-refractivity contribution is 7.09. The molecule has 0 saturated heterocycles. The van der Waals surface area contributed by atoms with Gasteiger partial charge in [-0.3, -0.25) is 0 Å². The molecule has 4 heteroatoms. The molecule has 2 nitrogen and oxygen atoms in total. The Morgan fingerprint density at radius 1 is 1.33 bits per heavy atom. The van der Waals surface area contributed by atoms with E-state index in [1.54, 1.807) is 23.5 Å². The Labute approximate surface area is 110 Å². The minimum atomic E-state index is -0.272. The lowest BCUT2D eigenvalue weighted by molar-refractivity contribution is 0.216. The van der Waals surface area contributed by atoms with Gasteiger partial charge in [0.15, 0.2) is 0 Å². The van der Waals surface area contributed by atoms with E-state index in [1.165, 1.54) is 17.0 Å². The first-order valence-corrected chi connectivity index (χ1v) is 6.77. The maximum Gasteiger partial charge on any atom is 0.126 e. The van der Waals surface area contributed by atoms with Crippen LogP contribution in [0.1, 0.15) is 11.8 Å². The highest BCUT2D eigenvalue weighted by Crippen LogP contribution is 2.13. The summed E-state index contributed by atoms with van der Waals surface area (Å²) >= 11 is 1.73. The number of rotatable bonds is 6. The summed E-state index contributed by atoms with van der Waals surface area (Å²) in [7, 11) is 0. The third-order valence-corrected chi connectivity index (χ3v) is 3.32. The molecule has 2 aromatic rings. The quantitative estimate of drug-likeness (QED) is 0.864. The average Bonchev–Trinajstić information content (AvgIpc) is 2.82. The Kier molecular flexibility index (Phi) is 4.73. The van der Waals surface area contributed by atoms with Crippen LogP contribution < -0.4 is 10.1 Å². The number of hydrogen-bond acceptors (Lipinski definition) is 3. The molecule has 1 atom stereocenters. The molecule has 1 heterocycles. The highest BCUT2D eigenvalue weighted by atomic mass is 32.1. The van der Waals surface area contributed by atoms with Gasteiger partial charge in [0.25, 0.3) is 0 Å². The van der Waals surface area contributed by atoms with Crippen LogP contribution in [0.3, 0.4) is 0 Å². The van der Waals surface area contributed by atoms with Crippen molar-refractivity contribution in [3.8, 4) is 5.75 Å².